The van der Waals surface area contributed by atoms with Crippen molar-refractivity contribution in [2.75, 3.05) is 0 Å². The summed E-state index contributed by atoms with van der Waals surface area (Å²) < 4.78 is 1.63. The van der Waals surface area contributed by atoms with E-state index in [9.17, 15) is 9.59 Å². The van der Waals surface area contributed by atoms with Gasteiger partial charge in [-0.15, -0.1) is 0 Å². The highest BCUT2D eigenvalue weighted by atomic mass is 16.4. The summed E-state index contributed by atoms with van der Waals surface area (Å²) in [5, 5.41) is 15.1. The van der Waals surface area contributed by atoms with E-state index in [1.807, 2.05) is 13.8 Å². The molecule has 6 heteroatoms. The van der Waals surface area contributed by atoms with Gasteiger partial charge in [0.1, 0.15) is 11.7 Å². The summed E-state index contributed by atoms with van der Waals surface area (Å²) in [5.41, 5.74) is 1.17. The van der Waals surface area contributed by atoms with Gasteiger partial charge in [0, 0.05) is 12.7 Å². The van der Waals surface area contributed by atoms with Gasteiger partial charge in [0.2, 0.25) is 0 Å². The summed E-state index contributed by atoms with van der Waals surface area (Å²) in [7, 11) is 1.76. The van der Waals surface area contributed by atoms with Crippen molar-refractivity contribution >= 4 is 11.9 Å². The van der Waals surface area contributed by atoms with Crippen LogP contribution in [0, 0.1) is 0 Å². The number of carbonyl (C=O) groups excluding carboxylic acids is 1. The molecule has 0 saturated heterocycles. The molecular weight excluding hydrogens is 222 g/mol. The van der Waals surface area contributed by atoms with Crippen molar-refractivity contribution in [3.8, 4) is 0 Å². The van der Waals surface area contributed by atoms with Crippen LogP contribution in [0.2, 0.25) is 0 Å². The molecule has 1 unspecified atom stereocenters. The predicted molar refractivity (Wildman–Crippen MR) is 61.9 cm³/mol. The maximum atomic E-state index is 11.7. The molecule has 0 fully saturated rings. The molecule has 1 amide bonds. The largest absolute Gasteiger partial charge is 0.480 e. The number of rotatable bonds is 4. The first-order chi connectivity index (χ1) is 7.82. The van der Waals surface area contributed by atoms with E-state index in [0.29, 0.717) is 0 Å². The Labute approximate surface area is 99.6 Å². The lowest BCUT2D eigenvalue weighted by molar-refractivity contribution is -0.138. The Kier molecular flexibility index (Phi) is 3.88. The molecule has 2 N–H and O–H groups in total. The van der Waals surface area contributed by atoms with Crippen molar-refractivity contribution in [2.24, 2.45) is 7.05 Å². The number of aliphatic carboxylic acids is 1. The molecule has 1 heterocycles. The number of amides is 1. The molecule has 0 radical (unpaired) electrons. The zero-order valence-electron chi connectivity index (χ0n) is 10.4. The smallest absolute Gasteiger partial charge is 0.325 e. The molecule has 0 spiro atoms. The van der Waals surface area contributed by atoms with Crippen molar-refractivity contribution in [1.82, 2.24) is 15.1 Å². The summed E-state index contributed by atoms with van der Waals surface area (Å²) in [6.07, 6.45) is 0. The van der Waals surface area contributed by atoms with Crippen molar-refractivity contribution < 1.29 is 14.7 Å². The Morgan fingerprint density at radius 1 is 1.41 bits per heavy atom. The first kappa shape index (κ1) is 13.2. The van der Waals surface area contributed by atoms with Crippen LogP contribution in [0.5, 0.6) is 0 Å². The SMILES string of the molecule is CC(NC(=O)c1cc(C(C)C)n(C)n1)C(=O)O. The second kappa shape index (κ2) is 4.99. The second-order valence-corrected chi connectivity index (χ2v) is 4.27. The van der Waals surface area contributed by atoms with Crippen LogP contribution >= 0.6 is 0 Å². The average Bonchev–Trinajstić information content (AvgIpc) is 2.60. The van der Waals surface area contributed by atoms with Gasteiger partial charge < -0.3 is 10.4 Å². The molecule has 0 saturated carbocycles. The van der Waals surface area contributed by atoms with E-state index in [2.05, 4.69) is 10.4 Å². The molecule has 1 aromatic heterocycles. The fourth-order valence-corrected chi connectivity index (χ4v) is 1.47. The first-order valence-corrected chi connectivity index (χ1v) is 5.40. The summed E-state index contributed by atoms with van der Waals surface area (Å²) in [4.78, 5) is 22.3. The molecule has 0 aliphatic heterocycles. The summed E-state index contributed by atoms with van der Waals surface area (Å²) in [6, 6.07) is 0.751. The van der Waals surface area contributed by atoms with Gasteiger partial charge >= 0.3 is 5.97 Å². The molecule has 0 aliphatic rings. The number of carboxylic acid groups (broad SMARTS) is 1. The van der Waals surface area contributed by atoms with E-state index < -0.39 is 17.9 Å². The first-order valence-electron chi connectivity index (χ1n) is 5.40. The van der Waals surface area contributed by atoms with Gasteiger partial charge in [-0.3, -0.25) is 14.3 Å². The van der Waals surface area contributed by atoms with Gasteiger partial charge in [0.15, 0.2) is 0 Å². The number of nitrogens with zero attached hydrogens (tertiary/aromatic N) is 2. The molecule has 17 heavy (non-hydrogen) atoms. The van der Waals surface area contributed by atoms with Crippen LogP contribution in [0.25, 0.3) is 0 Å². The summed E-state index contributed by atoms with van der Waals surface area (Å²) in [5.74, 6) is -1.29. The second-order valence-electron chi connectivity index (χ2n) is 4.27. The zero-order valence-corrected chi connectivity index (χ0v) is 10.4. The quantitative estimate of drug-likeness (QED) is 0.811. The molecule has 0 bridgehead atoms. The highest BCUT2D eigenvalue weighted by Crippen LogP contribution is 2.14. The lowest BCUT2D eigenvalue weighted by Crippen LogP contribution is -2.38. The summed E-state index contributed by atoms with van der Waals surface area (Å²) >= 11 is 0. The maximum absolute atomic E-state index is 11.7. The van der Waals surface area contributed by atoms with Crippen molar-refractivity contribution in [2.45, 2.75) is 32.7 Å². The minimum absolute atomic E-state index is 0.240. The fraction of sp³-hybridized carbons (Fsp3) is 0.545. The highest BCUT2D eigenvalue weighted by Gasteiger charge is 2.19. The van der Waals surface area contributed by atoms with Crippen LogP contribution in [0.4, 0.5) is 0 Å². The molecule has 1 rings (SSSR count). The number of hydrogen-bond donors (Lipinski definition) is 2. The molecule has 1 atom stereocenters. The number of aromatic nitrogens is 2. The van der Waals surface area contributed by atoms with Crippen molar-refractivity contribution in [1.29, 1.82) is 0 Å². The minimum Gasteiger partial charge on any atom is -0.480 e. The molecule has 6 nitrogen and oxygen atoms in total. The normalized spacial score (nSPS) is 12.5. The number of aryl methyl sites for hydroxylation is 1. The molecule has 0 aliphatic carbocycles. The van der Waals surface area contributed by atoms with Crippen LogP contribution < -0.4 is 5.32 Å². The van der Waals surface area contributed by atoms with Gasteiger partial charge in [0.05, 0.1) is 0 Å². The van der Waals surface area contributed by atoms with E-state index in [0.717, 1.165) is 5.69 Å². The number of carbonyl (C=O) groups is 2. The molecule has 0 aromatic carbocycles. The van der Waals surface area contributed by atoms with Crippen LogP contribution in [0.1, 0.15) is 42.9 Å². The van der Waals surface area contributed by atoms with Crippen LogP contribution in [0.15, 0.2) is 6.07 Å². The summed E-state index contributed by atoms with van der Waals surface area (Å²) in [6.45, 7) is 5.41. The Hall–Kier alpha value is -1.85. The number of hydrogen-bond acceptors (Lipinski definition) is 3. The topological polar surface area (TPSA) is 84.2 Å². The van der Waals surface area contributed by atoms with E-state index in [1.165, 1.54) is 6.92 Å². The number of nitrogens with one attached hydrogen (secondary N) is 1. The van der Waals surface area contributed by atoms with Crippen LogP contribution in [0.3, 0.4) is 0 Å². The minimum atomic E-state index is -1.07. The zero-order chi connectivity index (χ0) is 13.2. The Morgan fingerprint density at radius 2 is 2.00 bits per heavy atom. The monoisotopic (exact) mass is 239 g/mol. The average molecular weight is 239 g/mol. The number of carboxylic acids is 1. The maximum Gasteiger partial charge on any atom is 0.325 e. The van der Waals surface area contributed by atoms with Gasteiger partial charge in [-0.2, -0.15) is 5.10 Å². The predicted octanol–water partition coefficient (Wildman–Crippen LogP) is 0.746. The Bertz CT molecular complexity index is 437. The third-order valence-corrected chi connectivity index (χ3v) is 2.46. The third-order valence-electron chi connectivity index (χ3n) is 2.46. The lowest BCUT2D eigenvalue weighted by Gasteiger charge is -2.06. The highest BCUT2D eigenvalue weighted by molar-refractivity contribution is 5.94. The van der Waals surface area contributed by atoms with E-state index in [1.54, 1.807) is 17.8 Å². The van der Waals surface area contributed by atoms with Gasteiger partial charge in [0.25, 0.3) is 5.91 Å². The van der Waals surface area contributed by atoms with Crippen LogP contribution in [-0.4, -0.2) is 32.8 Å². The lowest BCUT2D eigenvalue weighted by atomic mass is 10.1. The molecule has 1 aromatic rings. The van der Waals surface area contributed by atoms with Gasteiger partial charge in [-0.05, 0) is 18.9 Å². The van der Waals surface area contributed by atoms with E-state index in [4.69, 9.17) is 5.11 Å². The van der Waals surface area contributed by atoms with Gasteiger partial charge in [-0.1, -0.05) is 13.8 Å². The van der Waals surface area contributed by atoms with Crippen molar-refractivity contribution in [3.63, 3.8) is 0 Å². The van der Waals surface area contributed by atoms with E-state index in [-0.39, 0.29) is 11.6 Å². The fourth-order valence-electron chi connectivity index (χ4n) is 1.47. The Balaban J connectivity index is 2.83. The van der Waals surface area contributed by atoms with Crippen molar-refractivity contribution in [3.05, 3.63) is 17.5 Å². The third kappa shape index (κ3) is 3.05. The van der Waals surface area contributed by atoms with Crippen LogP contribution in [-0.2, 0) is 11.8 Å². The van der Waals surface area contributed by atoms with E-state index >= 15 is 0 Å². The molecule has 94 valence electrons. The standard InChI is InChI=1S/C11H17N3O3/c1-6(2)9-5-8(13-14(9)4)10(15)12-7(3)11(16)17/h5-7H,1-4H3,(H,12,15)(H,16,17). The van der Waals surface area contributed by atoms with Gasteiger partial charge in [-0.25, -0.2) is 0 Å². The Morgan fingerprint density at radius 3 is 2.41 bits per heavy atom. The molecular formula is C11H17N3O3.